The molecule has 0 saturated carbocycles. The smallest absolute Gasteiger partial charge is 0.123 e. The fraction of sp³-hybridized carbons (Fsp3) is 0.364. The Morgan fingerprint density at radius 1 is 1.04 bits per heavy atom. The first-order valence-electron chi connectivity index (χ1n) is 9.48. The molecule has 1 saturated heterocycles. The summed E-state index contributed by atoms with van der Waals surface area (Å²) in [4.78, 5) is 9.65. The number of piperazine rings is 1. The summed E-state index contributed by atoms with van der Waals surface area (Å²) in [5.41, 5.74) is 4.75. The van der Waals surface area contributed by atoms with Crippen LogP contribution in [0.25, 0.3) is 10.9 Å². The maximum atomic E-state index is 13.9. The first-order valence-corrected chi connectivity index (χ1v) is 10.5. The molecule has 0 radical (unpaired) electrons. The minimum absolute atomic E-state index is 0.168. The fourth-order valence-corrected chi connectivity index (χ4v) is 4.49. The van der Waals surface area contributed by atoms with Crippen LogP contribution in [0.2, 0.25) is 0 Å². The molecule has 1 aliphatic heterocycles. The zero-order valence-electron chi connectivity index (χ0n) is 16.0. The monoisotopic (exact) mass is 383 g/mol. The second kappa shape index (κ2) is 8.05. The molecule has 0 unspecified atom stereocenters. The number of hydrogen-bond acceptors (Lipinski definition) is 3. The van der Waals surface area contributed by atoms with E-state index in [0.29, 0.717) is 0 Å². The van der Waals surface area contributed by atoms with Gasteiger partial charge in [0, 0.05) is 60.0 Å². The van der Waals surface area contributed by atoms with E-state index in [1.54, 1.807) is 6.07 Å². The highest BCUT2D eigenvalue weighted by atomic mass is 32.2. The van der Waals surface area contributed by atoms with Gasteiger partial charge in [0.2, 0.25) is 0 Å². The van der Waals surface area contributed by atoms with Crippen molar-refractivity contribution in [2.75, 3.05) is 33.2 Å². The Labute approximate surface area is 164 Å². The van der Waals surface area contributed by atoms with Crippen LogP contribution in [0.5, 0.6) is 0 Å². The highest BCUT2D eigenvalue weighted by Gasteiger charge is 2.19. The van der Waals surface area contributed by atoms with E-state index < -0.39 is 0 Å². The van der Waals surface area contributed by atoms with Crippen LogP contribution in [0.15, 0.2) is 47.4 Å². The van der Waals surface area contributed by atoms with Crippen molar-refractivity contribution in [3.63, 3.8) is 0 Å². The van der Waals surface area contributed by atoms with Crippen molar-refractivity contribution >= 4 is 22.7 Å². The topological polar surface area (TPSA) is 22.3 Å². The van der Waals surface area contributed by atoms with Crippen LogP contribution < -0.4 is 0 Å². The number of aromatic nitrogens is 1. The number of likely N-dealkylation sites (N-methyl/N-ethyl adjacent to an activating group) is 1. The number of aryl methyl sites for hydroxylation is 1. The lowest BCUT2D eigenvalue weighted by molar-refractivity contribution is 0.148. The molecule has 1 fully saturated rings. The van der Waals surface area contributed by atoms with Crippen molar-refractivity contribution in [2.45, 2.75) is 24.1 Å². The van der Waals surface area contributed by atoms with E-state index >= 15 is 0 Å². The predicted molar refractivity (Wildman–Crippen MR) is 112 cm³/mol. The number of hydrogen-bond donors (Lipinski definition) is 1. The zero-order valence-corrected chi connectivity index (χ0v) is 16.8. The summed E-state index contributed by atoms with van der Waals surface area (Å²) >= 11 is 1.83. The number of nitrogens with one attached hydrogen (secondary N) is 1. The quantitative estimate of drug-likeness (QED) is 0.648. The molecule has 3 aromatic rings. The number of H-pyrrole nitrogens is 1. The third-order valence-corrected chi connectivity index (χ3v) is 6.38. The van der Waals surface area contributed by atoms with Crippen LogP contribution in [0, 0.1) is 12.7 Å². The Bertz CT molecular complexity index is 911. The summed E-state index contributed by atoms with van der Waals surface area (Å²) in [5, 5.41) is 1.02. The number of thioether (sulfide) groups is 1. The molecule has 1 aromatic heterocycles. The van der Waals surface area contributed by atoms with Crippen LogP contribution in [-0.2, 0) is 12.3 Å². The summed E-state index contributed by atoms with van der Waals surface area (Å²) in [6.45, 7) is 7.27. The van der Waals surface area contributed by atoms with E-state index in [0.717, 1.165) is 49.4 Å². The first-order chi connectivity index (χ1) is 13.1. The third kappa shape index (κ3) is 4.37. The second-order valence-corrected chi connectivity index (χ2v) is 8.50. The lowest BCUT2D eigenvalue weighted by atomic mass is 10.1. The fourth-order valence-electron chi connectivity index (χ4n) is 3.60. The molecule has 2 heterocycles. The summed E-state index contributed by atoms with van der Waals surface area (Å²) in [6.07, 6.45) is 0. The number of fused-ring (bicyclic) bond motifs is 1. The molecule has 142 valence electrons. The van der Waals surface area contributed by atoms with Gasteiger partial charge in [-0.25, -0.2) is 4.39 Å². The van der Waals surface area contributed by atoms with Crippen LogP contribution >= 0.6 is 11.8 Å². The normalized spacial score (nSPS) is 16.3. The molecule has 5 heteroatoms. The molecule has 3 nitrogen and oxygen atoms in total. The van der Waals surface area contributed by atoms with Gasteiger partial charge in [0.1, 0.15) is 5.82 Å². The number of benzene rings is 2. The number of rotatable bonds is 5. The maximum absolute atomic E-state index is 13.9. The molecule has 0 atom stereocenters. The minimum atomic E-state index is -0.168. The van der Waals surface area contributed by atoms with Crippen molar-refractivity contribution in [1.82, 2.24) is 14.8 Å². The van der Waals surface area contributed by atoms with Crippen molar-refractivity contribution in [2.24, 2.45) is 0 Å². The average Bonchev–Trinajstić information content (AvgIpc) is 3.00. The van der Waals surface area contributed by atoms with Gasteiger partial charge in [0.25, 0.3) is 0 Å². The Kier molecular flexibility index (Phi) is 5.53. The van der Waals surface area contributed by atoms with Crippen LogP contribution in [0.3, 0.4) is 0 Å². The summed E-state index contributed by atoms with van der Waals surface area (Å²) in [7, 11) is 2.17. The van der Waals surface area contributed by atoms with Gasteiger partial charge >= 0.3 is 0 Å². The number of halogens is 1. The Morgan fingerprint density at radius 3 is 2.52 bits per heavy atom. The van der Waals surface area contributed by atoms with Gasteiger partial charge in [-0.1, -0.05) is 17.7 Å². The van der Waals surface area contributed by atoms with Gasteiger partial charge < -0.3 is 9.88 Å². The molecule has 0 bridgehead atoms. The molecule has 27 heavy (non-hydrogen) atoms. The molecular formula is C22H26FN3S. The van der Waals surface area contributed by atoms with E-state index in [9.17, 15) is 4.39 Å². The Balaban J connectivity index is 1.59. The Hall–Kier alpha value is -1.82. The van der Waals surface area contributed by atoms with Crippen molar-refractivity contribution in [3.05, 3.63) is 65.1 Å². The molecule has 0 spiro atoms. The van der Waals surface area contributed by atoms with Crippen LogP contribution in [-0.4, -0.2) is 48.0 Å². The van der Waals surface area contributed by atoms with Gasteiger partial charge in [-0.2, -0.15) is 0 Å². The number of nitrogens with zero attached hydrogens (tertiary/aromatic N) is 2. The van der Waals surface area contributed by atoms with E-state index in [2.05, 4.69) is 53.0 Å². The molecular weight excluding hydrogens is 357 g/mol. The van der Waals surface area contributed by atoms with E-state index in [1.165, 1.54) is 27.8 Å². The Morgan fingerprint density at radius 2 is 1.78 bits per heavy atom. The van der Waals surface area contributed by atoms with Crippen molar-refractivity contribution in [1.29, 1.82) is 0 Å². The highest BCUT2D eigenvalue weighted by Crippen LogP contribution is 2.30. The molecule has 1 N–H and O–H groups in total. The number of aromatic amines is 1. The van der Waals surface area contributed by atoms with Crippen molar-refractivity contribution in [3.8, 4) is 0 Å². The first kappa shape index (κ1) is 18.5. The third-order valence-electron chi connectivity index (χ3n) is 5.34. The average molecular weight is 384 g/mol. The standard InChI is InChI=1S/C22H26FN3S/c1-16-3-6-18(7-4-16)27-15-22-20(14-26-11-9-25(2)10-12-26)19-13-17(23)5-8-21(19)24-22/h3-8,13,24H,9-12,14-15H2,1-2H3. The predicted octanol–water partition coefficient (Wildman–Crippen LogP) is 4.66. The molecule has 2 aromatic carbocycles. The molecule has 4 rings (SSSR count). The lowest BCUT2D eigenvalue weighted by Gasteiger charge is -2.32. The van der Waals surface area contributed by atoms with Gasteiger partial charge in [0.15, 0.2) is 0 Å². The van der Waals surface area contributed by atoms with E-state index in [1.807, 2.05) is 17.8 Å². The summed E-state index contributed by atoms with van der Waals surface area (Å²) < 4.78 is 13.9. The SMILES string of the molecule is Cc1ccc(SCc2[nH]c3ccc(F)cc3c2CN2CCN(C)CC2)cc1. The van der Waals surface area contributed by atoms with Crippen LogP contribution in [0.4, 0.5) is 4.39 Å². The van der Waals surface area contributed by atoms with Gasteiger partial charge in [0.05, 0.1) is 0 Å². The van der Waals surface area contributed by atoms with E-state index in [-0.39, 0.29) is 5.82 Å². The minimum Gasteiger partial charge on any atom is -0.357 e. The molecule has 0 amide bonds. The van der Waals surface area contributed by atoms with Gasteiger partial charge in [-0.15, -0.1) is 11.8 Å². The summed E-state index contributed by atoms with van der Waals surface area (Å²) in [5.74, 6) is 0.696. The lowest BCUT2D eigenvalue weighted by Crippen LogP contribution is -2.43. The largest absolute Gasteiger partial charge is 0.357 e. The zero-order chi connectivity index (χ0) is 18.8. The molecule has 1 aliphatic rings. The highest BCUT2D eigenvalue weighted by molar-refractivity contribution is 7.98. The molecule has 0 aliphatic carbocycles. The van der Waals surface area contributed by atoms with Gasteiger partial charge in [-0.05, 0) is 49.9 Å². The van der Waals surface area contributed by atoms with Crippen LogP contribution in [0.1, 0.15) is 16.8 Å². The van der Waals surface area contributed by atoms with E-state index in [4.69, 9.17) is 0 Å². The maximum Gasteiger partial charge on any atom is 0.123 e. The van der Waals surface area contributed by atoms with Gasteiger partial charge in [-0.3, -0.25) is 4.90 Å². The second-order valence-electron chi connectivity index (χ2n) is 7.45. The van der Waals surface area contributed by atoms with Crippen molar-refractivity contribution < 1.29 is 4.39 Å². The summed E-state index contributed by atoms with van der Waals surface area (Å²) in [6, 6.07) is 13.7.